The number of carboxylic acids is 1. The van der Waals surface area contributed by atoms with Gasteiger partial charge in [0.1, 0.15) is 6.04 Å². The summed E-state index contributed by atoms with van der Waals surface area (Å²) < 4.78 is 0. The number of pyridine rings is 1. The van der Waals surface area contributed by atoms with Gasteiger partial charge in [-0.1, -0.05) is 0 Å². The van der Waals surface area contributed by atoms with Gasteiger partial charge < -0.3 is 20.9 Å². The molecule has 0 fully saturated rings. The van der Waals surface area contributed by atoms with E-state index in [-0.39, 0.29) is 6.42 Å². The predicted octanol–water partition coefficient (Wildman–Crippen LogP) is -1.98. The van der Waals surface area contributed by atoms with E-state index in [4.69, 9.17) is 20.9 Å². The van der Waals surface area contributed by atoms with Gasteiger partial charge in [0.15, 0.2) is 0 Å². The fourth-order valence-corrected chi connectivity index (χ4v) is 1.32. The van der Waals surface area contributed by atoms with Crippen LogP contribution in [0.3, 0.4) is 0 Å². The topological polar surface area (TPSA) is 117 Å². The van der Waals surface area contributed by atoms with Gasteiger partial charge in [0.05, 0.1) is 0 Å². The van der Waals surface area contributed by atoms with E-state index < -0.39 is 19.1 Å². The zero-order chi connectivity index (χ0) is 12.3. The van der Waals surface area contributed by atoms with Crippen molar-refractivity contribution in [3.05, 3.63) is 23.5 Å². The minimum Gasteiger partial charge on any atom is -0.480 e. The lowest BCUT2D eigenvalue weighted by atomic mass is 9.78. The van der Waals surface area contributed by atoms with Crippen LogP contribution in [0.4, 0.5) is 0 Å². The third kappa shape index (κ3) is 3.03. The Kier molecular flexibility index (Phi) is 4.00. The second-order valence-corrected chi connectivity index (χ2v) is 3.55. The van der Waals surface area contributed by atoms with Gasteiger partial charge in [0, 0.05) is 23.8 Å². The van der Waals surface area contributed by atoms with Gasteiger partial charge in [-0.05, 0) is 18.6 Å². The molecular formula is C9H13BN2O4. The third-order valence-corrected chi connectivity index (χ3v) is 2.23. The third-order valence-electron chi connectivity index (χ3n) is 2.23. The number of aromatic nitrogens is 1. The molecule has 1 atom stereocenters. The Morgan fingerprint density at radius 2 is 2.25 bits per heavy atom. The van der Waals surface area contributed by atoms with Crippen molar-refractivity contribution in [1.82, 2.24) is 4.98 Å². The molecule has 0 aliphatic rings. The Balaban J connectivity index is 2.85. The molecule has 0 saturated carbocycles. The second-order valence-electron chi connectivity index (χ2n) is 3.55. The van der Waals surface area contributed by atoms with E-state index in [1.807, 2.05) is 0 Å². The van der Waals surface area contributed by atoms with Gasteiger partial charge in [0.2, 0.25) is 0 Å². The number of aliphatic carboxylic acids is 1. The van der Waals surface area contributed by atoms with Gasteiger partial charge in [0.25, 0.3) is 0 Å². The van der Waals surface area contributed by atoms with Crippen LogP contribution in [0.15, 0.2) is 12.3 Å². The summed E-state index contributed by atoms with van der Waals surface area (Å²) in [6, 6.07) is 0.592. The van der Waals surface area contributed by atoms with Crippen molar-refractivity contribution in [1.29, 1.82) is 0 Å². The van der Waals surface area contributed by atoms with Gasteiger partial charge >= 0.3 is 13.1 Å². The zero-order valence-electron chi connectivity index (χ0n) is 8.79. The Labute approximate surface area is 92.9 Å². The molecule has 86 valence electrons. The number of nitrogens with zero attached hydrogens (tertiary/aromatic N) is 1. The van der Waals surface area contributed by atoms with Gasteiger partial charge in [-0.15, -0.1) is 0 Å². The number of nitrogens with two attached hydrogens (primary N) is 1. The molecule has 1 aromatic rings. The average Bonchev–Trinajstić information content (AvgIpc) is 2.16. The van der Waals surface area contributed by atoms with Crippen molar-refractivity contribution in [2.45, 2.75) is 19.4 Å². The maximum Gasteiger partial charge on any atom is 0.490 e. The minimum absolute atomic E-state index is 0.109. The summed E-state index contributed by atoms with van der Waals surface area (Å²) in [5, 5.41) is 26.5. The second kappa shape index (κ2) is 5.06. The van der Waals surface area contributed by atoms with E-state index in [1.165, 1.54) is 6.20 Å². The molecule has 1 heterocycles. The standard InChI is InChI=1S/C9H13BN2O4/c1-5-2-6(3-8(11)9(13)14)12-4-7(5)10(15)16/h2,4,8,15-16H,3,11H2,1H3,(H,13,14)/t8-/m0/s1. The monoisotopic (exact) mass is 224 g/mol. The van der Waals surface area contributed by atoms with Crippen molar-refractivity contribution in [3.8, 4) is 0 Å². The summed E-state index contributed by atoms with van der Waals surface area (Å²) in [5.41, 5.74) is 6.80. The molecule has 0 aromatic carbocycles. The summed E-state index contributed by atoms with van der Waals surface area (Å²) >= 11 is 0. The van der Waals surface area contributed by atoms with Crippen molar-refractivity contribution >= 4 is 18.6 Å². The highest BCUT2D eigenvalue weighted by molar-refractivity contribution is 6.59. The van der Waals surface area contributed by atoms with Crippen molar-refractivity contribution < 1.29 is 19.9 Å². The first-order valence-corrected chi connectivity index (χ1v) is 4.71. The van der Waals surface area contributed by atoms with E-state index in [2.05, 4.69) is 4.98 Å². The van der Waals surface area contributed by atoms with Crippen molar-refractivity contribution in [2.75, 3.05) is 0 Å². The van der Waals surface area contributed by atoms with Crippen LogP contribution >= 0.6 is 0 Å². The lowest BCUT2D eigenvalue weighted by Gasteiger charge is -2.09. The highest BCUT2D eigenvalue weighted by atomic mass is 16.4. The molecule has 0 bridgehead atoms. The van der Waals surface area contributed by atoms with Crippen LogP contribution in [-0.2, 0) is 11.2 Å². The van der Waals surface area contributed by atoms with Crippen LogP contribution in [0.2, 0.25) is 0 Å². The highest BCUT2D eigenvalue weighted by Crippen LogP contribution is 2.02. The van der Waals surface area contributed by atoms with E-state index in [0.29, 0.717) is 16.7 Å². The van der Waals surface area contributed by atoms with E-state index in [1.54, 1.807) is 13.0 Å². The minimum atomic E-state index is -1.57. The van der Waals surface area contributed by atoms with E-state index in [0.717, 1.165) is 0 Å². The lowest BCUT2D eigenvalue weighted by molar-refractivity contribution is -0.138. The van der Waals surface area contributed by atoms with E-state index >= 15 is 0 Å². The molecule has 5 N–H and O–H groups in total. The SMILES string of the molecule is Cc1cc(C[C@H](N)C(=O)O)ncc1B(O)O. The number of carbonyl (C=O) groups is 1. The molecule has 0 saturated heterocycles. The van der Waals surface area contributed by atoms with Gasteiger partial charge in [-0.2, -0.15) is 0 Å². The largest absolute Gasteiger partial charge is 0.490 e. The summed E-state index contributed by atoms with van der Waals surface area (Å²) in [6.45, 7) is 1.69. The molecule has 7 heteroatoms. The van der Waals surface area contributed by atoms with Crippen LogP contribution < -0.4 is 11.2 Å². The van der Waals surface area contributed by atoms with E-state index in [9.17, 15) is 4.79 Å². The number of rotatable bonds is 4. The molecule has 0 amide bonds. The molecule has 0 unspecified atom stereocenters. The smallest absolute Gasteiger partial charge is 0.480 e. The molecular weight excluding hydrogens is 211 g/mol. The van der Waals surface area contributed by atoms with Gasteiger partial charge in [-0.3, -0.25) is 9.78 Å². The molecule has 6 nitrogen and oxygen atoms in total. The summed E-state index contributed by atoms with van der Waals surface area (Å²) in [4.78, 5) is 14.5. The molecule has 16 heavy (non-hydrogen) atoms. The lowest BCUT2D eigenvalue weighted by Crippen LogP contribution is -2.35. The van der Waals surface area contributed by atoms with Gasteiger partial charge in [-0.25, -0.2) is 0 Å². The summed E-state index contributed by atoms with van der Waals surface area (Å²) in [5.74, 6) is -1.09. The maximum absolute atomic E-state index is 10.5. The number of carboxylic acid groups (broad SMARTS) is 1. The quantitative estimate of drug-likeness (QED) is 0.440. The van der Waals surface area contributed by atoms with Crippen LogP contribution in [0.5, 0.6) is 0 Å². The van der Waals surface area contributed by atoms with Crippen molar-refractivity contribution in [3.63, 3.8) is 0 Å². The summed E-state index contributed by atoms with van der Waals surface area (Å²) in [6.07, 6.45) is 1.42. The first kappa shape index (κ1) is 12.6. The Morgan fingerprint density at radius 1 is 1.62 bits per heavy atom. The zero-order valence-corrected chi connectivity index (χ0v) is 8.79. The molecule has 0 aliphatic carbocycles. The predicted molar refractivity (Wildman–Crippen MR) is 58.1 cm³/mol. The number of hydrogen-bond acceptors (Lipinski definition) is 5. The highest BCUT2D eigenvalue weighted by Gasteiger charge is 2.17. The molecule has 1 rings (SSSR count). The Bertz CT molecular complexity index is 397. The van der Waals surface area contributed by atoms with Crippen LogP contribution in [0, 0.1) is 6.92 Å². The molecule has 0 aliphatic heterocycles. The fraction of sp³-hybridized carbons (Fsp3) is 0.333. The molecule has 0 spiro atoms. The maximum atomic E-state index is 10.5. The molecule has 0 radical (unpaired) electrons. The molecule has 1 aromatic heterocycles. The Hall–Kier alpha value is -1.44. The number of aryl methyl sites for hydroxylation is 1. The van der Waals surface area contributed by atoms with Crippen LogP contribution in [0.1, 0.15) is 11.3 Å². The average molecular weight is 224 g/mol. The van der Waals surface area contributed by atoms with Crippen molar-refractivity contribution in [2.24, 2.45) is 5.73 Å². The first-order chi connectivity index (χ1) is 7.41. The van der Waals surface area contributed by atoms with Crippen LogP contribution in [-0.4, -0.2) is 39.3 Å². The first-order valence-electron chi connectivity index (χ1n) is 4.71. The number of hydrogen-bond donors (Lipinski definition) is 4. The fourth-order valence-electron chi connectivity index (χ4n) is 1.32. The summed E-state index contributed by atoms with van der Waals surface area (Å²) in [7, 11) is -1.57. The van der Waals surface area contributed by atoms with Crippen LogP contribution in [0.25, 0.3) is 0 Å². The Morgan fingerprint density at radius 3 is 2.69 bits per heavy atom. The normalized spacial score (nSPS) is 12.2.